The number of nitrogen functional groups attached to an aromatic ring is 1. The van der Waals surface area contributed by atoms with E-state index in [0.29, 0.717) is 34.3 Å². The Morgan fingerprint density at radius 2 is 1.93 bits per heavy atom. The molecular formula is C29H28FN9O. The number of anilines is 2. The van der Waals surface area contributed by atoms with E-state index < -0.39 is 11.7 Å². The minimum atomic E-state index is -0.635. The van der Waals surface area contributed by atoms with Gasteiger partial charge in [-0.05, 0) is 63.3 Å². The van der Waals surface area contributed by atoms with Crippen molar-refractivity contribution in [3.05, 3.63) is 79.5 Å². The fourth-order valence-corrected chi connectivity index (χ4v) is 5.03. The highest BCUT2D eigenvalue weighted by Crippen LogP contribution is 2.34. The van der Waals surface area contributed by atoms with Crippen molar-refractivity contribution < 1.29 is 9.18 Å². The molecule has 1 saturated heterocycles. The monoisotopic (exact) mass is 537 g/mol. The number of carbonyl (C=O) groups excluding carboxylic acids is 1. The van der Waals surface area contributed by atoms with Crippen LogP contribution in [0.4, 0.5) is 15.9 Å². The van der Waals surface area contributed by atoms with Crippen LogP contribution in [0.2, 0.25) is 0 Å². The molecule has 0 radical (unpaired) electrons. The summed E-state index contributed by atoms with van der Waals surface area (Å²) in [5.41, 5.74) is 9.48. The molecule has 0 unspecified atom stereocenters. The summed E-state index contributed by atoms with van der Waals surface area (Å²) >= 11 is 0. The number of nitrogens with one attached hydrogen (secondary N) is 1. The van der Waals surface area contributed by atoms with Crippen molar-refractivity contribution in [1.82, 2.24) is 34.2 Å². The number of para-hydroxylation sites is 2. The number of fused-ring (bicyclic) bond motifs is 1. The van der Waals surface area contributed by atoms with Gasteiger partial charge in [0.25, 0.3) is 0 Å². The number of piperidine rings is 1. The standard InChI is InChI=1S/C29H28FN9O/c1-3-25(40)34-21-8-6-10-24(26(21)30)39-23-9-5-4-7-20(23)36-29(39)27-28(31)32-16-22(35-27)18-15-33-38(17-18)19-11-13-37(2)14-12-19/h3-10,15-17,19H,1,11-14H2,2H3,(H2,31,32)(H,34,40). The summed E-state index contributed by atoms with van der Waals surface area (Å²) < 4.78 is 19.5. The van der Waals surface area contributed by atoms with Gasteiger partial charge in [-0.15, -0.1) is 0 Å². The fraction of sp³-hybridized carbons (Fsp3) is 0.207. The molecule has 3 N–H and O–H groups in total. The molecule has 0 saturated carbocycles. The molecule has 0 aliphatic carbocycles. The van der Waals surface area contributed by atoms with Crippen molar-refractivity contribution in [2.24, 2.45) is 0 Å². The summed E-state index contributed by atoms with van der Waals surface area (Å²) in [4.78, 5) is 28.3. The SMILES string of the molecule is C=CC(=O)Nc1cccc(-n2c(-c3nc(-c4cnn(C5CCN(C)CC5)c4)cnc3N)nc3ccccc32)c1F. The minimum Gasteiger partial charge on any atom is -0.382 e. The molecule has 1 aliphatic rings. The Morgan fingerprint density at radius 1 is 1.12 bits per heavy atom. The molecule has 0 bridgehead atoms. The van der Waals surface area contributed by atoms with Gasteiger partial charge in [0.05, 0.1) is 46.5 Å². The zero-order valence-corrected chi connectivity index (χ0v) is 22.0. The first kappa shape index (κ1) is 25.4. The van der Waals surface area contributed by atoms with E-state index in [1.165, 1.54) is 6.07 Å². The van der Waals surface area contributed by atoms with E-state index in [1.54, 1.807) is 29.1 Å². The maximum Gasteiger partial charge on any atom is 0.247 e. The van der Waals surface area contributed by atoms with Crippen molar-refractivity contribution >= 4 is 28.4 Å². The summed E-state index contributed by atoms with van der Waals surface area (Å²) in [5, 5.41) is 7.12. The number of hydrogen-bond donors (Lipinski definition) is 2. The molecule has 5 aromatic rings. The lowest BCUT2D eigenvalue weighted by Gasteiger charge is -2.28. The normalized spacial score (nSPS) is 14.4. The highest BCUT2D eigenvalue weighted by molar-refractivity contribution is 5.99. The summed E-state index contributed by atoms with van der Waals surface area (Å²) in [6.45, 7) is 5.49. The van der Waals surface area contributed by atoms with Gasteiger partial charge in [-0.2, -0.15) is 5.10 Å². The number of aromatic nitrogens is 6. The first-order valence-corrected chi connectivity index (χ1v) is 13.0. The Hall–Kier alpha value is -4.90. The molecule has 1 aliphatic heterocycles. The van der Waals surface area contributed by atoms with Crippen molar-refractivity contribution in [2.45, 2.75) is 18.9 Å². The summed E-state index contributed by atoms with van der Waals surface area (Å²) in [5.74, 6) is -0.680. The van der Waals surface area contributed by atoms with Gasteiger partial charge in [0.15, 0.2) is 17.5 Å². The molecule has 202 valence electrons. The van der Waals surface area contributed by atoms with Gasteiger partial charge in [-0.3, -0.25) is 14.0 Å². The van der Waals surface area contributed by atoms with E-state index in [9.17, 15) is 4.79 Å². The van der Waals surface area contributed by atoms with Crippen LogP contribution in [-0.2, 0) is 4.79 Å². The third-order valence-electron chi connectivity index (χ3n) is 7.20. The predicted octanol–water partition coefficient (Wildman–Crippen LogP) is 4.46. The van der Waals surface area contributed by atoms with Gasteiger partial charge in [-0.25, -0.2) is 19.3 Å². The van der Waals surface area contributed by atoms with Crippen LogP contribution in [0.1, 0.15) is 18.9 Å². The maximum atomic E-state index is 15.8. The highest BCUT2D eigenvalue weighted by atomic mass is 19.1. The van der Waals surface area contributed by atoms with Gasteiger partial charge in [0.2, 0.25) is 5.91 Å². The molecular weight excluding hydrogens is 509 g/mol. The van der Waals surface area contributed by atoms with Crippen LogP contribution < -0.4 is 11.1 Å². The number of nitrogens with two attached hydrogens (primary N) is 1. The number of likely N-dealkylation sites (tertiary alicyclic amines) is 1. The second kappa shape index (κ2) is 10.3. The maximum absolute atomic E-state index is 15.8. The third-order valence-corrected chi connectivity index (χ3v) is 7.20. The van der Waals surface area contributed by atoms with Gasteiger partial charge >= 0.3 is 0 Å². The molecule has 4 heterocycles. The zero-order chi connectivity index (χ0) is 27.8. The number of nitrogens with zero attached hydrogens (tertiary/aromatic N) is 7. The Bertz CT molecular complexity index is 1730. The quantitative estimate of drug-likeness (QED) is 0.307. The number of benzene rings is 2. The Balaban J connectivity index is 1.45. The lowest BCUT2D eigenvalue weighted by Crippen LogP contribution is -2.31. The second-order valence-electron chi connectivity index (χ2n) is 9.82. The van der Waals surface area contributed by atoms with E-state index >= 15 is 4.39 Å². The highest BCUT2D eigenvalue weighted by Gasteiger charge is 2.23. The van der Waals surface area contributed by atoms with Crippen LogP contribution in [0.3, 0.4) is 0 Å². The van der Waals surface area contributed by atoms with Crippen molar-refractivity contribution in [2.75, 3.05) is 31.2 Å². The van der Waals surface area contributed by atoms with Crippen molar-refractivity contribution in [3.8, 4) is 28.5 Å². The number of imidazole rings is 1. The van der Waals surface area contributed by atoms with Crippen LogP contribution in [0.25, 0.3) is 39.5 Å². The second-order valence-corrected chi connectivity index (χ2v) is 9.82. The van der Waals surface area contributed by atoms with Crippen LogP contribution in [0, 0.1) is 5.82 Å². The molecule has 3 aromatic heterocycles. The van der Waals surface area contributed by atoms with Gasteiger partial charge < -0.3 is 16.0 Å². The van der Waals surface area contributed by atoms with Gasteiger partial charge in [0.1, 0.15) is 5.69 Å². The number of carbonyl (C=O) groups is 1. The third kappa shape index (κ3) is 4.60. The molecule has 10 nitrogen and oxygen atoms in total. The van der Waals surface area contributed by atoms with Gasteiger partial charge in [0, 0.05) is 11.8 Å². The van der Waals surface area contributed by atoms with Crippen LogP contribution >= 0.6 is 0 Å². The lowest BCUT2D eigenvalue weighted by molar-refractivity contribution is -0.111. The molecule has 0 atom stereocenters. The van der Waals surface area contributed by atoms with Crippen molar-refractivity contribution in [1.29, 1.82) is 0 Å². The molecule has 2 aromatic carbocycles. The van der Waals surface area contributed by atoms with Crippen LogP contribution in [0.5, 0.6) is 0 Å². The molecule has 1 amide bonds. The van der Waals surface area contributed by atoms with Crippen LogP contribution in [0.15, 0.2) is 73.7 Å². The number of halogens is 1. The average Bonchev–Trinajstić information content (AvgIpc) is 3.61. The molecule has 40 heavy (non-hydrogen) atoms. The first-order chi connectivity index (χ1) is 19.4. The molecule has 6 rings (SSSR count). The van der Waals surface area contributed by atoms with E-state index in [0.717, 1.165) is 37.6 Å². The zero-order valence-electron chi connectivity index (χ0n) is 22.0. The Labute approximate surface area is 230 Å². The topological polar surface area (TPSA) is 120 Å². The molecule has 0 spiro atoms. The minimum absolute atomic E-state index is 0.0141. The van der Waals surface area contributed by atoms with Crippen molar-refractivity contribution in [3.63, 3.8) is 0 Å². The fourth-order valence-electron chi connectivity index (χ4n) is 5.03. The number of amides is 1. The lowest BCUT2D eigenvalue weighted by atomic mass is 10.1. The average molecular weight is 538 g/mol. The summed E-state index contributed by atoms with van der Waals surface area (Å²) in [7, 11) is 2.13. The summed E-state index contributed by atoms with van der Waals surface area (Å²) in [6.07, 6.45) is 8.50. The molecule has 11 heteroatoms. The summed E-state index contributed by atoms with van der Waals surface area (Å²) in [6, 6.07) is 12.4. The van der Waals surface area contributed by atoms with E-state index in [1.807, 2.05) is 35.1 Å². The number of rotatable bonds is 6. The Morgan fingerprint density at radius 3 is 2.73 bits per heavy atom. The van der Waals surface area contributed by atoms with Gasteiger partial charge in [-0.1, -0.05) is 24.8 Å². The number of hydrogen-bond acceptors (Lipinski definition) is 7. The van der Waals surface area contributed by atoms with E-state index in [2.05, 4.69) is 33.9 Å². The van der Waals surface area contributed by atoms with Crippen LogP contribution in [-0.4, -0.2) is 60.2 Å². The van der Waals surface area contributed by atoms with E-state index in [-0.39, 0.29) is 17.2 Å². The Kier molecular flexibility index (Phi) is 6.56. The molecule has 1 fully saturated rings. The smallest absolute Gasteiger partial charge is 0.247 e. The largest absolute Gasteiger partial charge is 0.382 e. The van der Waals surface area contributed by atoms with E-state index in [4.69, 9.17) is 15.7 Å². The predicted molar refractivity (Wildman–Crippen MR) is 152 cm³/mol. The first-order valence-electron chi connectivity index (χ1n) is 13.0.